The Labute approximate surface area is 211 Å². The summed E-state index contributed by atoms with van der Waals surface area (Å²) in [5.74, 6) is 0.569. The van der Waals surface area contributed by atoms with E-state index in [9.17, 15) is 9.59 Å². The van der Waals surface area contributed by atoms with E-state index in [0.717, 1.165) is 42.6 Å². The SMILES string of the molecule is Cc1ccccc1CN1C(CN2CCN(c3cc(Cl)ccc3C)CC2)=NC2C1C(=O)NC(=O)N2C. The molecule has 0 saturated carbocycles. The van der Waals surface area contributed by atoms with Crippen LogP contribution in [-0.2, 0) is 11.3 Å². The Hall–Kier alpha value is -3.10. The summed E-state index contributed by atoms with van der Waals surface area (Å²) in [7, 11) is 1.70. The van der Waals surface area contributed by atoms with Crippen LogP contribution in [-0.4, -0.2) is 84.5 Å². The Kier molecular flexibility index (Phi) is 6.42. The number of amidine groups is 1. The van der Waals surface area contributed by atoms with E-state index in [2.05, 4.69) is 52.1 Å². The molecule has 2 aromatic rings. The van der Waals surface area contributed by atoms with Crippen molar-refractivity contribution >= 4 is 35.1 Å². The van der Waals surface area contributed by atoms with Gasteiger partial charge in [0.2, 0.25) is 0 Å². The number of amides is 3. The number of nitrogens with zero attached hydrogens (tertiary/aromatic N) is 5. The van der Waals surface area contributed by atoms with Crippen LogP contribution in [0.4, 0.5) is 10.5 Å². The maximum atomic E-state index is 12.9. The Morgan fingerprint density at radius 3 is 2.49 bits per heavy atom. The number of benzene rings is 2. The number of fused-ring (bicyclic) bond motifs is 1. The van der Waals surface area contributed by atoms with Crippen molar-refractivity contribution in [3.05, 3.63) is 64.2 Å². The van der Waals surface area contributed by atoms with Crippen LogP contribution in [0.15, 0.2) is 47.5 Å². The fourth-order valence-corrected chi connectivity index (χ4v) is 5.31. The van der Waals surface area contributed by atoms with Crippen molar-refractivity contribution in [1.82, 2.24) is 20.0 Å². The van der Waals surface area contributed by atoms with E-state index < -0.39 is 18.2 Å². The number of rotatable bonds is 5. The van der Waals surface area contributed by atoms with E-state index >= 15 is 0 Å². The first-order chi connectivity index (χ1) is 16.8. The number of hydrogen-bond donors (Lipinski definition) is 1. The molecule has 0 spiro atoms. The van der Waals surface area contributed by atoms with Gasteiger partial charge in [-0.05, 0) is 42.7 Å². The fourth-order valence-electron chi connectivity index (χ4n) is 5.14. The van der Waals surface area contributed by atoms with Gasteiger partial charge < -0.3 is 14.7 Å². The summed E-state index contributed by atoms with van der Waals surface area (Å²) in [6.45, 7) is 8.92. The normalized spacial score (nSPS) is 22.9. The first-order valence-corrected chi connectivity index (χ1v) is 12.4. The number of anilines is 1. The monoisotopic (exact) mass is 494 g/mol. The minimum atomic E-state index is -0.525. The third-order valence-electron chi connectivity index (χ3n) is 7.30. The summed E-state index contributed by atoms with van der Waals surface area (Å²) in [5, 5.41) is 3.24. The smallest absolute Gasteiger partial charge is 0.325 e. The van der Waals surface area contributed by atoms with Crippen LogP contribution >= 0.6 is 11.6 Å². The Morgan fingerprint density at radius 1 is 1.00 bits per heavy atom. The van der Waals surface area contributed by atoms with Crippen LogP contribution in [0.5, 0.6) is 0 Å². The second kappa shape index (κ2) is 9.51. The second-order valence-electron chi connectivity index (χ2n) is 9.56. The number of urea groups is 1. The first kappa shape index (κ1) is 23.6. The highest BCUT2D eigenvalue weighted by molar-refractivity contribution is 6.30. The number of carbonyl (C=O) groups is 2. The zero-order valence-electron chi connectivity index (χ0n) is 20.4. The molecule has 2 unspecified atom stereocenters. The molecular formula is C26H31ClN6O2. The Bertz CT molecular complexity index is 1180. The van der Waals surface area contributed by atoms with Crippen molar-refractivity contribution in [2.75, 3.05) is 44.7 Å². The summed E-state index contributed by atoms with van der Waals surface area (Å²) in [6, 6.07) is 13.3. The van der Waals surface area contributed by atoms with Crippen molar-refractivity contribution in [2.45, 2.75) is 32.6 Å². The summed E-state index contributed by atoms with van der Waals surface area (Å²) >= 11 is 6.25. The van der Waals surface area contributed by atoms with E-state index in [1.165, 1.54) is 21.7 Å². The van der Waals surface area contributed by atoms with Gasteiger partial charge in [0.05, 0.1) is 6.54 Å². The number of aryl methyl sites for hydroxylation is 2. The van der Waals surface area contributed by atoms with Crippen LogP contribution in [0.25, 0.3) is 0 Å². The predicted molar refractivity (Wildman–Crippen MR) is 138 cm³/mol. The third-order valence-corrected chi connectivity index (χ3v) is 7.53. The highest BCUT2D eigenvalue weighted by atomic mass is 35.5. The second-order valence-corrected chi connectivity index (χ2v) is 9.99. The van der Waals surface area contributed by atoms with Crippen LogP contribution in [0, 0.1) is 13.8 Å². The van der Waals surface area contributed by atoms with Crippen LogP contribution in [0.2, 0.25) is 5.02 Å². The molecule has 0 aromatic heterocycles. The number of nitrogens with one attached hydrogen (secondary N) is 1. The number of hydrogen-bond acceptors (Lipinski definition) is 6. The quantitative estimate of drug-likeness (QED) is 0.692. The molecule has 5 rings (SSSR count). The summed E-state index contributed by atoms with van der Waals surface area (Å²) < 4.78 is 0. The molecule has 2 saturated heterocycles. The zero-order valence-corrected chi connectivity index (χ0v) is 21.1. The molecule has 3 aliphatic rings. The van der Waals surface area contributed by atoms with Gasteiger partial charge in [-0.2, -0.15) is 0 Å². The maximum absolute atomic E-state index is 12.9. The third kappa shape index (κ3) is 4.60. The Morgan fingerprint density at radius 2 is 1.74 bits per heavy atom. The molecule has 0 radical (unpaired) electrons. The van der Waals surface area contributed by atoms with Crippen LogP contribution in [0.3, 0.4) is 0 Å². The first-order valence-electron chi connectivity index (χ1n) is 12.0. The number of imide groups is 1. The number of aliphatic imine (C=N–C) groups is 1. The number of halogens is 1. The van der Waals surface area contributed by atoms with E-state index in [4.69, 9.17) is 16.6 Å². The molecule has 35 heavy (non-hydrogen) atoms. The molecule has 2 fully saturated rings. The highest BCUT2D eigenvalue weighted by Gasteiger charge is 2.48. The average Bonchev–Trinajstić information content (AvgIpc) is 3.19. The fraction of sp³-hybridized carbons (Fsp3) is 0.423. The highest BCUT2D eigenvalue weighted by Crippen LogP contribution is 2.28. The summed E-state index contributed by atoms with van der Waals surface area (Å²) in [6.07, 6.45) is -0.509. The lowest BCUT2D eigenvalue weighted by Gasteiger charge is -2.39. The topological polar surface area (TPSA) is 71.5 Å². The van der Waals surface area contributed by atoms with Gasteiger partial charge in [0.25, 0.3) is 5.91 Å². The van der Waals surface area contributed by atoms with Crippen molar-refractivity contribution in [2.24, 2.45) is 4.99 Å². The molecule has 0 aliphatic carbocycles. The van der Waals surface area contributed by atoms with E-state index in [-0.39, 0.29) is 5.91 Å². The van der Waals surface area contributed by atoms with Gasteiger partial charge in [0.15, 0.2) is 12.2 Å². The molecule has 3 heterocycles. The van der Waals surface area contributed by atoms with E-state index in [1.54, 1.807) is 7.05 Å². The van der Waals surface area contributed by atoms with Gasteiger partial charge in [-0.25, -0.2) is 9.79 Å². The molecule has 2 atom stereocenters. The summed E-state index contributed by atoms with van der Waals surface area (Å²) in [4.78, 5) is 38.4. The van der Waals surface area contributed by atoms with E-state index in [1.807, 2.05) is 24.3 Å². The minimum Gasteiger partial charge on any atom is -0.369 e. The van der Waals surface area contributed by atoms with Crippen molar-refractivity contribution in [3.63, 3.8) is 0 Å². The van der Waals surface area contributed by atoms with Gasteiger partial charge in [-0.15, -0.1) is 0 Å². The van der Waals surface area contributed by atoms with Crippen LogP contribution < -0.4 is 10.2 Å². The maximum Gasteiger partial charge on any atom is 0.325 e. The average molecular weight is 495 g/mol. The molecule has 2 aromatic carbocycles. The Balaban J connectivity index is 1.34. The van der Waals surface area contributed by atoms with Crippen molar-refractivity contribution < 1.29 is 9.59 Å². The molecule has 1 N–H and O–H groups in total. The largest absolute Gasteiger partial charge is 0.369 e. The lowest BCUT2D eigenvalue weighted by Crippen LogP contribution is -2.63. The van der Waals surface area contributed by atoms with Gasteiger partial charge in [-0.1, -0.05) is 41.9 Å². The summed E-state index contributed by atoms with van der Waals surface area (Å²) in [5.41, 5.74) is 4.71. The molecule has 9 heteroatoms. The van der Waals surface area contributed by atoms with Crippen molar-refractivity contribution in [1.29, 1.82) is 0 Å². The number of piperazine rings is 1. The number of likely N-dealkylation sites (N-methyl/N-ethyl adjacent to an activating group) is 1. The molecule has 3 amide bonds. The van der Waals surface area contributed by atoms with Gasteiger partial charge >= 0.3 is 6.03 Å². The minimum absolute atomic E-state index is 0.285. The van der Waals surface area contributed by atoms with Crippen LogP contribution in [0.1, 0.15) is 16.7 Å². The molecule has 3 aliphatic heterocycles. The zero-order chi connectivity index (χ0) is 24.7. The molecule has 0 bridgehead atoms. The molecular weight excluding hydrogens is 464 g/mol. The lowest BCUT2D eigenvalue weighted by atomic mass is 10.1. The van der Waals surface area contributed by atoms with Gasteiger partial charge in [0.1, 0.15) is 5.84 Å². The standard InChI is InChI=1S/C26H31ClN6O2/c1-17-6-4-5-7-19(17)15-33-22(28-24-23(33)25(34)29-26(35)30(24)3)16-31-10-12-32(13-11-31)21-14-20(27)9-8-18(21)2/h4-9,14,23-24H,10-13,15-16H2,1-3H3,(H,29,34,35). The predicted octanol–water partition coefficient (Wildman–Crippen LogP) is 2.87. The van der Waals surface area contributed by atoms with Gasteiger partial charge in [-0.3, -0.25) is 15.0 Å². The van der Waals surface area contributed by atoms with Gasteiger partial charge in [0, 0.05) is 50.5 Å². The molecule has 184 valence electrons. The molecule has 8 nitrogen and oxygen atoms in total. The van der Waals surface area contributed by atoms with E-state index in [0.29, 0.717) is 13.1 Å². The number of carbonyl (C=O) groups excluding carboxylic acids is 2. The lowest BCUT2D eigenvalue weighted by molar-refractivity contribution is -0.127. The van der Waals surface area contributed by atoms with Crippen molar-refractivity contribution in [3.8, 4) is 0 Å².